The third-order valence-corrected chi connectivity index (χ3v) is 2.89. The van der Waals surface area contributed by atoms with Gasteiger partial charge in [0, 0.05) is 25.2 Å². The van der Waals surface area contributed by atoms with Crippen molar-refractivity contribution >= 4 is 0 Å². The number of rotatable bonds is 8. The molecule has 1 rings (SSSR count). The van der Waals surface area contributed by atoms with Crippen molar-refractivity contribution < 1.29 is 24.1 Å². The number of aliphatic hydroxyl groups excluding tert-OH is 3. The van der Waals surface area contributed by atoms with Crippen molar-refractivity contribution in [2.75, 3.05) is 32.8 Å². The zero-order valence-electron chi connectivity index (χ0n) is 10.6. The van der Waals surface area contributed by atoms with E-state index in [0.717, 1.165) is 6.07 Å². The van der Waals surface area contributed by atoms with Gasteiger partial charge in [-0.15, -0.1) is 0 Å². The summed E-state index contributed by atoms with van der Waals surface area (Å²) in [4.78, 5) is 1.74. The summed E-state index contributed by atoms with van der Waals surface area (Å²) in [5.41, 5.74) is -0.0760. The van der Waals surface area contributed by atoms with E-state index in [9.17, 15) is 13.9 Å². The van der Waals surface area contributed by atoms with Gasteiger partial charge in [-0.05, 0) is 12.5 Å². The number of nitrogens with zero attached hydrogens (tertiary/aromatic N) is 1. The Hall–Kier alpha value is -1.08. The molecule has 0 aliphatic rings. The predicted molar refractivity (Wildman–Crippen MR) is 66.5 cm³/mol. The maximum Gasteiger partial charge on any atom is 0.164 e. The summed E-state index contributed by atoms with van der Waals surface area (Å²) in [5.74, 6) is -2.02. The first-order chi connectivity index (χ1) is 9.10. The molecule has 3 N–H and O–H groups in total. The fourth-order valence-corrected chi connectivity index (χ4v) is 1.86. The summed E-state index contributed by atoms with van der Waals surface area (Å²) in [6.07, 6.45) is -0.920. The van der Waals surface area contributed by atoms with Crippen molar-refractivity contribution in [2.45, 2.75) is 12.5 Å². The van der Waals surface area contributed by atoms with E-state index in [1.807, 2.05) is 0 Å². The van der Waals surface area contributed by atoms with Crippen LogP contribution in [-0.2, 0) is 0 Å². The Morgan fingerprint density at radius 1 is 1.05 bits per heavy atom. The quantitative estimate of drug-likeness (QED) is 0.652. The third kappa shape index (κ3) is 4.83. The van der Waals surface area contributed by atoms with E-state index in [4.69, 9.17) is 10.2 Å². The summed E-state index contributed by atoms with van der Waals surface area (Å²) in [5, 5.41) is 27.5. The molecule has 0 bridgehead atoms. The zero-order valence-corrected chi connectivity index (χ0v) is 10.6. The van der Waals surface area contributed by atoms with Gasteiger partial charge in [0.25, 0.3) is 0 Å². The van der Waals surface area contributed by atoms with Gasteiger partial charge >= 0.3 is 0 Å². The molecule has 0 radical (unpaired) electrons. The van der Waals surface area contributed by atoms with E-state index in [2.05, 4.69) is 0 Å². The van der Waals surface area contributed by atoms with E-state index in [-0.39, 0.29) is 25.2 Å². The fourth-order valence-electron chi connectivity index (χ4n) is 1.86. The number of benzene rings is 1. The molecule has 0 aliphatic heterocycles. The van der Waals surface area contributed by atoms with Gasteiger partial charge in [-0.3, -0.25) is 4.90 Å². The monoisotopic (exact) mass is 275 g/mol. The second-order valence-corrected chi connectivity index (χ2v) is 4.24. The first-order valence-corrected chi connectivity index (χ1v) is 6.16. The Bertz CT molecular complexity index is 384. The van der Waals surface area contributed by atoms with E-state index in [0.29, 0.717) is 19.6 Å². The van der Waals surface area contributed by atoms with Crippen LogP contribution in [0.25, 0.3) is 0 Å². The normalized spacial score (nSPS) is 12.9. The Morgan fingerprint density at radius 2 is 1.68 bits per heavy atom. The van der Waals surface area contributed by atoms with Gasteiger partial charge in [0.15, 0.2) is 11.6 Å². The molecule has 0 saturated heterocycles. The van der Waals surface area contributed by atoms with Crippen LogP contribution in [0.2, 0.25) is 0 Å². The Morgan fingerprint density at radius 3 is 2.26 bits per heavy atom. The lowest BCUT2D eigenvalue weighted by Crippen LogP contribution is -2.31. The molecule has 0 amide bonds. The highest BCUT2D eigenvalue weighted by Gasteiger charge is 2.16. The highest BCUT2D eigenvalue weighted by Crippen LogP contribution is 2.22. The minimum atomic E-state index is -1.12. The minimum Gasteiger partial charge on any atom is -0.395 e. The SMILES string of the molecule is OCCN(CCO)CCC(O)c1cccc(F)c1F. The minimum absolute atomic E-state index is 0.0651. The van der Waals surface area contributed by atoms with Crippen molar-refractivity contribution in [3.63, 3.8) is 0 Å². The average molecular weight is 275 g/mol. The summed E-state index contributed by atoms with van der Waals surface area (Å²) >= 11 is 0. The lowest BCUT2D eigenvalue weighted by Gasteiger charge is -2.22. The van der Waals surface area contributed by atoms with Crippen molar-refractivity contribution in [2.24, 2.45) is 0 Å². The fraction of sp³-hybridized carbons (Fsp3) is 0.538. The molecule has 19 heavy (non-hydrogen) atoms. The molecule has 0 aromatic heterocycles. The molecule has 1 unspecified atom stereocenters. The molecular weight excluding hydrogens is 256 g/mol. The predicted octanol–water partition coefficient (Wildman–Crippen LogP) is 0.675. The molecule has 0 aliphatic carbocycles. The van der Waals surface area contributed by atoms with Gasteiger partial charge in [-0.1, -0.05) is 12.1 Å². The Kier molecular flexibility index (Phi) is 6.86. The van der Waals surface area contributed by atoms with Crippen LogP contribution in [-0.4, -0.2) is 53.1 Å². The lowest BCUT2D eigenvalue weighted by atomic mass is 10.1. The molecule has 1 atom stereocenters. The van der Waals surface area contributed by atoms with Gasteiger partial charge in [0.05, 0.1) is 19.3 Å². The van der Waals surface area contributed by atoms with Crippen LogP contribution < -0.4 is 0 Å². The molecule has 0 spiro atoms. The molecule has 6 heteroatoms. The van der Waals surface area contributed by atoms with Crippen molar-refractivity contribution in [1.29, 1.82) is 0 Å². The van der Waals surface area contributed by atoms with Crippen molar-refractivity contribution in [3.8, 4) is 0 Å². The van der Waals surface area contributed by atoms with Crippen molar-refractivity contribution in [3.05, 3.63) is 35.4 Å². The summed E-state index contributed by atoms with van der Waals surface area (Å²) in [6.45, 7) is 0.963. The number of hydrogen-bond acceptors (Lipinski definition) is 4. The maximum atomic E-state index is 13.4. The maximum absolute atomic E-state index is 13.4. The van der Waals surface area contributed by atoms with Crippen LogP contribution in [0.5, 0.6) is 0 Å². The van der Waals surface area contributed by atoms with Gasteiger partial charge < -0.3 is 15.3 Å². The van der Waals surface area contributed by atoms with Crippen molar-refractivity contribution in [1.82, 2.24) is 4.90 Å². The van der Waals surface area contributed by atoms with E-state index < -0.39 is 17.7 Å². The van der Waals surface area contributed by atoms with Gasteiger partial charge in [0.1, 0.15) is 0 Å². The smallest absolute Gasteiger partial charge is 0.164 e. The van der Waals surface area contributed by atoms with Crippen LogP contribution in [0.3, 0.4) is 0 Å². The second kappa shape index (κ2) is 8.16. The molecule has 0 saturated carbocycles. The highest BCUT2D eigenvalue weighted by atomic mass is 19.2. The number of aliphatic hydroxyl groups is 3. The van der Waals surface area contributed by atoms with Crippen LogP contribution >= 0.6 is 0 Å². The molecule has 0 heterocycles. The van der Waals surface area contributed by atoms with Crippen LogP contribution in [0.1, 0.15) is 18.1 Å². The van der Waals surface area contributed by atoms with Crippen LogP contribution in [0.4, 0.5) is 8.78 Å². The van der Waals surface area contributed by atoms with E-state index >= 15 is 0 Å². The van der Waals surface area contributed by atoms with Gasteiger partial charge in [-0.25, -0.2) is 8.78 Å². The molecule has 1 aromatic rings. The number of hydrogen-bond donors (Lipinski definition) is 3. The first kappa shape index (κ1) is 16.0. The average Bonchev–Trinajstić information content (AvgIpc) is 2.39. The summed E-state index contributed by atoms with van der Waals surface area (Å²) in [6, 6.07) is 3.68. The van der Waals surface area contributed by atoms with E-state index in [1.165, 1.54) is 12.1 Å². The molecule has 4 nitrogen and oxygen atoms in total. The highest BCUT2D eigenvalue weighted by molar-refractivity contribution is 5.21. The summed E-state index contributed by atoms with van der Waals surface area (Å²) in [7, 11) is 0. The number of halogens is 2. The molecule has 1 aromatic carbocycles. The Balaban J connectivity index is 2.58. The second-order valence-electron chi connectivity index (χ2n) is 4.24. The van der Waals surface area contributed by atoms with Gasteiger partial charge in [0.2, 0.25) is 0 Å². The topological polar surface area (TPSA) is 63.9 Å². The van der Waals surface area contributed by atoms with Crippen LogP contribution in [0, 0.1) is 11.6 Å². The molecule has 108 valence electrons. The summed E-state index contributed by atoms with van der Waals surface area (Å²) < 4.78 is 26.5. The molecular formula is C13H19F2NO3. The zero-order chi connectivity index (χ0) is 14.3. The van der Waals surface area contributed by atoms with Gasteiger partial charge in [-0.2, -0.15) is 0 Å². The lowest BCUT2D eigenvalue weighted by molar-refractivity contribution is 0.116. The Labute approximate surface area is 110 Å². The van der Waals surface area contributed by atoms with Crippen LogP contribution in [0.15, 0.2) is 18.2 Å². The standard InChI is InChI=1S/C13H19F2NO3/c14-11-3-1-2-10(13(11)15)12(19)4-5-16(6-8-17)7-9-18/h1-3,12,17-19H,4-9H2. The first-order valence-electron chi connectivity index (χ1n) is 6.16. The molecule has 0 fully saturated rings. The van der Waals surface area contributed by atoms with E-state index in [1.54, 1.807) is 4.90 Å². The largest absolute Gasteiger partial charge is 0.395 e. The third-order valence-electron chi connectivity index (χ3n) is 2.89.